The van der Waals surface area contributed by atoms with Crippen molar-refractivity contribution < 1.29 is 19.0 Å². The van der Waals surface area contributed by atoms with Crippen LogP contribution in [0, 0.1) is 16.7 Å². The van der Waals surface area contributed by atoms with E-state index in [4.69, 9.17) is 25.8 Å². The minimum absolute atomic E-state index is 0.0374. The Hall–Kier alpha value is -3.08. The summed E-state index contributed by atoms with van der Waals surface area (Å²) >= 11 is 7.90. The number of nitrogens with zero attached hydrogens (tertiary/aromatic N) is 1. The molecule has 0 spiro atoms. The summed E-state index contributed by atoms with van der Waals surface area (Å²) in [6.45, 7) is 4.18. The molecular weight excluding hydrogens is 496 g/mol. The molecule has 188 valence electrons. The van der Waals surface area contributed by atoms with E-state index in [9.17, 15) is 10.1 Å². The van der Waals surface area contributed by atoms with Gasteiger partial charge in [0, 0.05) is 28.5 Å². The molecule has 0 unspecified atom stereocenters. The zero-order valence-electron chi connectivity index (χ0n) is 21.0. The Morgan fingerprint density at radius 1 is 1.11 bits per heavy atom. The summed E-state index contributed by atoms with van der Waals surface area (Å²) in [7, 11) is 4.64. The highest BCUT2D eigenvalue weighted by Crippen LogP contribution is 2.50. The van der Waals surface area contributed by atoms with Crippen LogP contribution < -0.4 is 19.5 Å². The van der Waals surface area contributed by atoms with Gasteiger partial charge >= 0.3 is 0 Å². The molecule has 2 aromatic rings. The predicted octanol–water partition coefficient (Wildman–Crippen LogP) is 6.36. The third-order valence-electron chi connectivity index (χ3n) is 6.48. The molecule has 1 atom stereocenters. The van der Waals surface area contributed by atoms with Crippen LogP contribution in [0.25, 0.3) is 0 Å². The number of nitrogens with one attached hydrogen (secondary N) is 1. The molecule has 0 bridgehead atoms. The molecule has 6 nitrogen and oxygen atoms in total. The average molecular weight is 525 g/mol. The number of hydrogen-bond acceptors (Lipinski definition) is 7. The van der Waals surface area contributed by atoms with Crippen LogP contribution >= 0.6 is 23.4 Å². The summed E-state index contributed by atoms with van der Waals surface area (Å²) in [5.74, 6) is 1.46. The molecule has 8 heteroatoms. The van der Waals surface area contributed by atoms with Gasteiger partial charge in [-0.3, -0.25) is 4.79 Å². The summed E-state index contributed by atoms with van der Waals surface area (Å²) < 4.78 is 16.7. The minimum atomic E-state index is -0.558. The maximum atomic E-state index is 13.5. The van der Waals surface area contributed by atoms with Crippen LogP contribution in [-0.4, -0.2) is 27.1 Å². The molecule has 0 saturated heterocycles. The number of methoxy groups -OCH3 is 3. The molecule has 4 rings (SSSR count). The second-order valence-corrected chi connectivity index (χ2v) is 11.0. The Labute approximate surface area is 221 Å². The van der Waals surface area contributed by atoms with Crippen LogP contribution in [0.4, 0.5) is 0 Å². The largest absolute Gasteiger partial charge is 0.493 e. The smallest absolute Gasteiger partial charge is 0.203 e. The van der Waals surface area contributed by atoms with Crippen LogP contribution in [0.5, 0.6) is 17.2 Å². The van der Waals surface area contributed by atoms with Gasteiger partial charge in [-0.15, -0.1) is 11.8 Å². The van der Waals surface area contributed by atoms with E-state index in [2.05, 4.69) is 25.2 Å². The van der Waals surface area contributed by atoms with Crippen molar-refractivity contribution in [3.8, 4) is 23.3 Å². The molecule has 0 aromatic heterocycles. The first kappa shape index (κ1) is 26.0. The zero-order chi connectivity index (χ0) is 26.0. The summed E-state index contributed by atoms with van der Waals surface area (Å²) in [4.78, 5) is 13.5. The van der Waals surface area contributed by atoms with Gasteiger partial charge in [0.1, 0.15) is 0 Å². The topological polar surface area (TPSA) is 80.6 Å². The van der Waals surface area contributed by atoms with E-state index in [0.29, 0.717) is 52.0 Å². The van der Waals surface area contributed by atoms with Crippen molar-refractivity contribution in [3.05, 3.63) is 74.4 Å². The summed E-state index contributed by atoms with van der Waals surface area (Å²) in [6, 6.07) is 13.7. The van der Waals surface area contributed by atoms with Crippen molar-refractivity contribution in [2.45, 2.75) is 38.4 Å². The summed E-state index contributed by atoms with van der Waals surface area (Å²) in [5.41, 5.74) is 3.48. The number of carbonyl (C=O) groups excluding carboxylic acids is 1. The SMILES string of the molecule is COc1cc([C@@H]2C(C#N)=C(SCc3ccccc3Cl)NC3=C2C(=O)CC(C)(C)C3)cc(OC)c1OC. The first-order chi connectivity index (χ1) is 17.2. The summed E-state index contributed by atoms with van der Waals surface area (Å²) in [5, 5.41) is 15.2. The number of carbonyl (C=O) groups is 1. The average Bonchev–Trinajstić information content (AvgIpc) is 2.85. The lowest BCUT2D eigenvalue weighted by molar-refractivity contribution is -0.118. The van der Waals surface area contributed by atoms with E-state index in [-0.39, 0.29) is 11.2 Å². The van der Waals surface area contributed by atoms with Crippen LogP contribution in [-0.2, 0) is 10.5 Å². The van der Waals surface area contributed by atoms with Crippen LogP contribution in [0.2, 0.25) is 5.02 Å². The van der Waals surface area contributed by atoms with Gasteiger partial charge in [-0.1, -0.05) is 43.6 Å². The van der Waals surface area contributed by atoms with Crippen molar-refractivity contribution >= 4 is 29.1 Å². The minimum Gasteiger partial charge on any atom is -0.493 e. The number of dihydropyridines is 1. The number of benzene rings is 2. The Bertz CT molecular complexity index is 1280. The highest BCUT2D eigenvalue weighted by molar-refractivity contribution is 8.02. The van der Waals surface area contributed by atoms with Gasteiger partial charge in [0.25, 0.3) is 0 Å². The van der Waals surface area contributed by atoms with Crippen molar-refractivity contribution in [3.63, 3.8) is 0 Å². The molecule has 1 aliphatic carbocycles. The van der Waals surface area contributed by atoms with Gasteiger partial charge in [-0.25, -0.2) is 0 Å². The maximum Gasteiger partial charge on any atom is 0.203 e. The van der Waals surface area contributed by atoms with E-state index in [1.807, 2.05) is 36.4 Å². The normalized spacial score (nSPS) is 18.8. The molecule has 1 N–H and O–H groups in total. The van der Waals surface area contributed by atoms with Crippen molar-refractivity contribution in [1.82, 2.24) is 5.32 Å². The van der Waals surface area contributed by atoms with Gasteiger partial charge in [-0.05, 0) is 41.2 Å². The van der Waals surface area contributed by atoms with Crippen molar-refractivity contribution in [2.75, 3.05) is 21.3 Å². The molecule has 0 amide bonds. The van der Waals surface area contributed by atoms with Gasteiger partial charge in [0.05, 0.1) is 43.9 Å². The number of ketones is 1. The third-order valence-corrected chi connectivity index (χ3v) is 7.91. The monoisotopic (exact) mass is 524 g/mol. The number of halogens is 1. The van der Waals surface area contributed by atoms with Gasteiger partial charge in [0.15, 0.2) is 17.3 Å². The number of hydrogen-bond donors (Lipinski definition) is 1. The zero-order valence-corrected chi connectivity index (χ0v) is 22.6. The Kier molecular flexibility index (Phi) is 7.58. The van der Waals surface area contributed by atoms with E-state index in [1.165, 1.54) is 11.8 Å². The molecule has 1 aliphatic heterocycles. The van der Waals surface area contributed by atoms with Crippen LogP contribution in [0.1, 0.15) is 43.7 Å². The van der Waals surface area contributed by atoms with Crippen LogP contribution in [0.3, 0.4) is 0 Å². The van der Waals surface area contributed by atoms with E-state index < -0.39 is 5.92 Å². The fourth-order valence-corrected chi connectivity index (χ4v) is 6.20. The molecule has 0 fully saturated rings. The number of nitriles is 1. The second kappa shape index (κ2) is 10.5. The molecule has 2 aromatic carbocycles. The lowest BCUT2D eigenvalue weighted by Crippen LogP contribution is -2.36. The van der Waals surface area contributed by atoms with E-state index in [0.717, 1.165) is 21.9 Å². The predicted molar refractivity (Wildman–Crippen MR) is 142 cm³/mol. The second-order valence-electron chi connectivity index (χ2n) is 9.58. The molecule has 0 saturated carbocycles. The number of thioether (sulfide) groups is 1. The first-order valence-corrected chi connectivity index (χ1v) is 12.9. The standard InChI is InChI=1S/C28H29ClN2O4S/c1-28(2)12-20-25(21(32)13-28)24(17-10-22(33-3)26(35-5)23(11-17)34-4)18(14-30)27(31-20)36-15-16-8-6-7-9-19(16)29/h6-11,24,31H,12-13,15H2,1-5H3/t24-/m1/s1. The highest BCUT2D eigenvalue weighted by Gasteiger charge is 2.42. The Morgan fingerprint density at radius 3 is 2.36 bits per heavy atom. The van der Waals surface area contributed by atoms with Gasteiger partial charge in [-0.2, -0.15) is 5.26 Å². The number of Topliss-reactive ketones (excluding diaryl/α,β-unsaturated/α-hetero) is 1. The number of allylic oxidation sites excluding steroid dienone is 3. The van der Waals surface area contributed by atoms with E-state index >= 15 is 0 Å². The Morgan fingerprint density at radius 2 is 1.78 bits per heavy atom. The lowest BCUT2D eigenvalue weighted by Gasteiger charge is -2.39. The van der Waals surface area contributed by atoms with Gasteiger partial charge < -0.3 is 19.5 Å². The fourth-order valence-electron chi connectivity index (χ4n) is 4.86. The Balaban J connectivity index is 1.87. The number of ether oxygens (including phenoxy) is 3. The van der Waals surface area contributed by atoms with Crippen molar-refractivity contribution in [1.29, 1.82) is 5.26 Å². The van der Waals surface area contributed by atoms with Gasteiger partial charge in [0.2, 0.25) is 5.75 Å². The molecule has 36 heavy (non-hydrogen) atoms. The van der Waals surface area contributed by atoms with Crippen LogP contribution in [0.15, 0.2) is 58.3 Å². The highest BCUT2D eigenvalue weighted by atomic mass is 35.5. The van der Waals surface area contributed by atoms with E-state index in [1.54, 1.807) is 21.3 Å². The first-order valence-electron chi connectivity index (χ1n) is 11.6. The molecular formula is C28H29ClN2O4S. The fraction of sp³-hybridized carbons (Fsp3) is 0.357. The molecule has 0 radical (unpaired) electrons. The number of rotatable bonds is 7. The lowest BCUT2D eigenvalue weighted by atomic mass is 9.69. The molecule has 1 heterocycles. The summed E-state index contributed by atoms with van der Waals surface area (Å²) in [6.07, 6.45) is 1.11. The maximum absolute atomic E-state index is 13.5. The van der Waals surface area contributed by atoms with Crippen molar-refractivity contribution in [2.24, 2.45) is 5.41 Å². The third kappa shape index (κ3) is 4.93. The molecule has 2 aliphatic rings. The quantitative estimate of drug-likeness (QED) is 0.451.